The van der Waals surface area contributed by atoms with E-state index in [1.807, 2.05) is 48.5 Å². The molecule has 0 bridgehead atoms. The van der Waals surface area contributed by atoms with E-state index in [1.54, 1.807) is 0 Å². The Bertz CT molecular complexity index is 1250. The number of hydrogen-bond donors (Lipinski definition) is 4. The number of aromatic hydroxyl groups is 1. The maximum absolute atomic E-state index is 12.3. The van der Waals surface area contributed by atoms with Gasteiger partial charge in [0.2, 0.25) is 5.75 Å². The first-order valence-electron chi connectivity index (χ1n) is 10.7. The molecule has 35 heavy (non-hydrogen) atoms. The van der Waals surface area contributed by atoms with Gasteiger partial charge < -0.3 is 25.4 Å². The Morgan fingerprint density at radius 3 is 2.26 bits per heavy atom. The quantitative estimate of drug-likeness (QED) is 0.218. The number of phenolic OH excluding ortho intramolecular Hbond substituents is 1. The standard InChI is InChI=1S/C25H22N2O8/c28-12-15-9-14(10-21(23(15)30)27(33)34)24(31)22(29)11-26-25(32)35-13-20-18-7-3-1-5-16(18)17-6-2-4-8-19(17)20/h1-10,12,20,22,24,29-31H,11,13H2,(H,26,32). The molecule has 0 fully saturated rings. The Morgan fingerprint density at radius 2 is 1.69 bits per heavy atom. The SMILES string of the molecule is O=Cc1cc(C(O)C(O)CNC(=O)OCC2c3ccccc3-c3ccccc32)cc([N+](=O)[O-])c1O. The Labute approximate surface area is 199 Å². The largest absolute Gasteiger partial charge is 0.502 e. The molecule has 1 amide bonds. The number of carbonyl (C=O) groups excluding carboxylic acids is 2. The highest BCUT2D eigenvalue weighted by atomic mass is 16.6. The molecule has 0 aromatic heterocycles. The normalized spacial score (nSPS) is 13.9. The fourth-order valence-corrected chi connectivity index (χ4v) is 4.23. The van der Waals surface area contributed by atoms with Gasteiger partial charge in [-0.3, -0.25) is 14.9 Å². The first kappa shape index (κ1) is 23.9. The van der Waals surface area contributed by atoms with Crippen molar-refractivity contribution in [1.82, 2.24) is 5.32 Å². The average molecular weight is 478 g/mol. The van der Waals surface area contributed by atoms with Crippen LogP contribution < -0.4 is 5.32 Å². The van der Waals surface area contributed by atoms with Crippen molar-refractivity contribution in [3.05, 3.63) is 93.0 Å². The van der Waals surface area contributed by atoms with Crippen LogP contribution in [0.25, 0.3) is 11.1 Å². The number of nitrogens with zero attached hydrogens (tertiary/aromatic N) is 1. The summed E-state index contributed by atoms with van der Waals surface area (Å²) in [5.74, 6) is -0.991. The van der Waals surface area contributed by atoms with Gasteiger partial charge in [-0.1, -0.05) is 48.5 Å². The number of nitro groups is 1. The number of ether oxygens (including phenoxy) is 1. The lowest BCUT2D eigenvalue weighted by molar-refractivity contribution is -0.386. The highest BCUT2D eigenvalue weighted by Gasteiger charge is 2.29. The number of phenols is 1. The molecule has 1 aliphatic rings. The van der Waals surface area contributed by atoms with E-state index >= 15 is 0 Å². The van der Waals surface area contributed by atoms with Gasteiger partial charge in [-0.15, -0.1) is 0 Å². The van der Waals surface area contributed by atoms with Crippen molar-refractivity contribution in [2.75, 3.05) is 13.2 Å². The lowest BCUT2D eigenvalue weighted by Crippen LogP contribution is -2.36. The minimum absolute atomic E-state index is 0.0609. The molecule has 4 N–H and O–H groups in total. The van der Waals surface area contributed by atoms with Crippen LogP contribution in [0.1, 0.15) is 39.1 Å². The third kappa shape index (κ3) is 4.70. The number of rotatable bonds is 8. The van der Waals surface area contributed by atoms with Crippen molar-refractivity contribution in [3.63, 3.8) is 0 Å². The molecule has 4 rings (SSSR count). The summed E-state index contributed by atoms with van der Waals surface area (Å²) in [4.78, 5) is 33.6. The molecule has 0 aliphatic heterocycles. The third-order valence-electron chi connectivity index (χ3n) is 5.97. The zero-order valence-corrected chi connectivity index (χ0v) is 18.3. The van der Waals surface area contributed by atoms with Gasteiger partial charge in [0.05, 0.1) is 10.5 Å². The van der Waals surface area contributed by atoms with E-state index in [4.69, 9.17) is 4.74 Å². The van der Waals surface area contributed by atoms with Crippen molar-refractivity contribution in [2.24, 2.45) is 0 Å². The number of aldehydes is 1. The molecular weight excluding hydrogens is 456 g/mol. The van der Waals surface area contributed by atoms with Crippen LogP contribution in [0.15, 0.2) is 60.7 Å². The third-order valence-corrected chi connectivity index (χ3v) is 5.97. The number of fused-ring (bicyclic) bond motifs is 3. The second kappa shape index (κ2) is 9.92. The van der Waals surface area contributed by atoms with Crippen LogP contribution in [0.5, 0.6) is 5.75 Å². The second-order valence-corrected chi connectivity index (χ2v) is 8.07. The number of benzene rings is 3. The van der Waals surface area contributed by atoms with E-state index in [1.165, 1.54) is 0 Å². The molecule has 3 aromatic rings. The molecule has 3 aromatic carbocycles. The number of carbonyl (C=O) groups is 2. The molecule has 10 nitrogen and oxygen atoms in total. The molecule has 180 valence electrons. The Kier molecular flexibility index (Phi) is 6.76. The summed E-state index contributed by atoms with van der Waals surface area (Å²) in [6.07, 6.45) is -3.87. The van der Waals surface area contributed by atoms with Crippen molar-refractivity contribution in [3.8, 4) is 16.9 Å². The molecule has 2 unspecified atom stereocenters. The summed E-state index contributed by atoms with van der Waals surface area (Å²) in [7, 11) is 0. The zero-order chi connectivity index (χ0) is 25.1. The fourth-order valence-electron chi connectivity index (χ4n) is 4.23. The van der Waals surface area contributed by atoms with E-state index in [-0.39, 0.29) is 24.4 Å². The fraction of sp³-hybridized carbons (Fsp3) is 0.200. The van der Waals surface area contributed by atoms with Gasteiger partial charge in [-0.05, 0) is 33.9 Å². The molecule has 1 aliphatic carbocycles. The summed E-state index contributed by atoms with van der Waals surface area (Å²) in [6, 6.07) is 17.6. The van der Waals surface area contributed by atoms with Gasteiger partial charge in [0.15, 0.2) is 6.29 Å². The van der Waals surface area contributed by atoms with E-state index < -0.39 is 46.8 Å². The highest BCUT2D eigenvalue weighted by Crippen LogP contribution is 2.44. The van der Waals surface area contributed by atoms with Crippen molar-refractivity contribution >= 4 is 18.1 Å². The monoisotopic (exact) mass is 478 g/mol. The number of nitrogens with one attached hydrogen (secondary N) is 1. The first-order valence-corrected chi connectivity index (χ1v) is 10.7. The number of aliphatic hydroxyl groups excluding tert-OH is 2. The summed E-state index contributed by atoms with van der Waals surface area (Å²) in [5, 5.41) is 43.9. The molecule has 2 atom stereocenters. The van der Waals surface area contributed by atoms with Gasteiger partial charge in [0, 0.05) is 18.5 Å². The summed E-state index contributed by atoms with van der Waals surface area (Å²) in [6.45, 7) is -0.367. The van der Waals surface area contributed by atoms with Crippen LogP contribution in [0, 0.1) is 10.1 Å². The van der Waals surface area contributed by atoms with Gasteiger partial charge in [0.25, 0.3) is 0 Å². The molecule has 10 heteroatoms. The lowest BCUT2D eigenvalue weighted by atomic mass is 9.98. The maximum Gasteiger partial charge on any atom is 0.407 e. The van der Waals surface area contributed by atoms with E-state index in [0.717, 1.165) is 34.4 Å². The Morgan fingerprint density at radius 1 is 1.09 bits per heavy atom. The second-order valence-electron chi connectivity index (χ2n) is 8.07. The number of hydrogen-bond acceptors (Lipinski definition) is 8. The molecule has 0 heterocycles. The first-order chi connectivity index (χ1) is 16.8. The predicted octanol–water partition coefficient (Wildman–Crippen LogP) is 3.05. The summed E-state index contributed by atoms with van der Waals surface area (Å²) >= 11 is 0. The average Bonchev–Trinajstić information content (AvgIpc) is 3.19. The number of amides is 1. The van der Waals surface area contributed by atoms with Gasteiger partial charge in [-0.25, -0.2) is 4.79 Å². The predicted molar refractivity (Wildman–Crippen MR) is 124 cm³/mol. The summed E-state index contributed by atoms with van der Waals surface area (Å²) < 4.78 is 5.37. The van der Waals surface area contributed by atoms with Crippen LogP contribution in [0.3, 0.4) is 0 Å². The van der Waals surface area contributed by atoms with Gasteiger partial charge in [-0.2, -0.15) is 0 Å². The molecular formula is C25H22N2O8. The smallest absolute Gasteiger partial charge is 0.407 e. The number of nitro benzene ring substituents is 1. The molecule has 0 spiro atoms. The minimum atomic E-state index is -1.68. The number of alkyl carbamates (subject to hydrolysis) is 1. The Balaban J connectivity index is 1.38. The van der Waals surface area contributed by atoms with Crippen molar-refractivity contribution < 1.29 is 34.6 Å². The van der Waals surface area contributed by atoms with Crippen molar-refractivity contribution in [1.29, 1.82) is 0 Å². The molecule has 0 radical (unpaired) electrons. The lowest BCUT2D eigenvalue weighted by Gasteiger charge is -2.20. The van der Waals surface area contributed by atoms with Gasteiger partial charge >= 0.3 is 11.8 Å². The molecule has 0 saturated carbocycles. The zero-order valence-electron chi connectivity index (χ0n) is 18.3. The maximum atomic E-state index is 12.3. The van der Waals surface area contributed by atoms with Crippen LogP contribution in [0.4, 0.5) is 10.5 Å². The van der Waals surface area contributed by atoms with Gasteiger partial charge in [0.1, 0.15) is 18.8 Å². The van der Waals surface area contributed by atoms with E-state index in [9.17, 15) is 35.0 Å². The number of aliphatic hydroxyl groups is 2. The topological polar surface area (TPSA) is 159 Å². The van der Waals surface area contributed by atoms with E-state index in [0.29, 0.717) is 0 Å². The summed E-state index contributed by atoms with van der Waals surface area (Å²) in [5.41, 5.74) is 2.86. The van der Waals surface area contributed by atoms with Crippen LogP contribution in [-0.4, -0.2) is 51.9 Å². The van der Waals surface area contributed by atoms with Crippen LogP contribution in [0.2, 0.25) is 0 Å². The highest BCUT2D eigenvalue weighted by molar-refractivity contribution is 5.82. The van der Waals surface area contributed by atoms with E-state index in [2.05, 4.69) is 5.32 Å². The van der Waals surface area contributed by atoms with Crippen LogP contribution in [-0.2, 0) is 4.74 Å². The molecule has 0 saturated heterocycles. The Hall–Kier alpha value is -4.28. The van der Waals surface area contributed by atoms with Crippen molar-refractivity contribution in [2.45, 2.75) is 18.1 Å². The minimum Gasteiger partial charge on any atom is -0.502 e. The van der Waals surface area contributed by atoms with Crippen LogP contribution >= 0.6 is 0 Å².